The summed E-state index contributed by atoms with van der Waals surface area (Å²) in [6.07, 6.45) is 7.37. The summed E-state index contributed by atoms with van der Waals surface area (Å²) in [6.45, 7) is 0. The highest BCUT2D eigenvalue weighted by molar-refractivity contribution is 7.99. The molecule has 1 aliphatic rings. The number of nitrogens with one attached hydrogen (secondary N) is 1. The van der Waals surface area contributed by atoms with E-state index in [-0.39, 0.29) is 11.3 Å². The van der Waals surface area contributed by atoms with E-state index < -0.39 is 10.0 Å². The number of hydrogen-bond donors (Lipinski definition) is 1. The normalized spacial score (nSPS) is 21.9. The number of hydrogen-bond acceptors (Lipinski definition) is 5. The summed E-state index contributed by atoms with van der Waals surface area (Å²) in [6, 6.07) is 10.2. The third-order valence-corrected chi connectivity index (χ3v) is 6.66. The molecule has 0 unspecified atom stereocenters. The van der Waals surface area contributed by atoms with Crippen molar-refractivity contribution in [1.82, 2.24) is 14.7 Å². The van der Waals surface area contributed by atoms with E-state index in [0.29, 0.717) is 10.1 Å². The van der Waals surface area contributed by atoms with Gasteiger partial charge >= 0.3 is 0 Å². The first kappa shape index (κ1) is 16.4. The molecule has 1 saturated carbocycles. The van der Waals surface area contributed by atoms with Crippen LogP contribution in [0.5, 0.6) is 0 Å². The van der Waals surface area contributed by atoms with Gasteiger partial charge in [-0.2, -0.15) is 0 Å². The second-order valence-electron chi connectivity index (χ2n) is 5.51. The fourth-order valence-corrected chi connectivity index (χ4v) is 5.31. The summed E-state index contributed by atoms with van der Waals surface area (Å²) in [4.78, 5) is 8.78. The first-order chi connectivity index (χ1) is 11.1. The van der Waals surface area contributed by atoms with Crippen molar-refractivity contribution in [3.05, 3.63) is 48.8 Å². The summed E-state index contributed by atoms with van der Waals surface area (Å²) < 4.78 is 28.0. The van der Waals surface area contributed by atoms with E-state index in [1.807, 2.05) is 6.07 Å². The molecule has 0 aliphatic heterocycles. The van der Waals surface area contributed by atoms with Crippen molar-refractivity contribution < 1.29 is 8.42 Å². The molecule has 0 bridgehead atoms. The predicted octanol–water partition coefficient (Wildman–Crippen LogP) is 2.86. The summed E-state index contributed by atoms with van der Waals surface area (Å²) in [7, 11) is -3.49. The summed E-state index contributed by atoms with van der Waals surface area (Å²) >= 11 is 1.56. The van der Waals surface area contributed by atoms with E-state index >= 15 is 0 Å². The van der Waals surface area contributed by atoms with Crippen molar-refractivity contribution >= 4 is 21.8 Å². The molecule has 1 aromatic heterocycles. The highest BCUT2D eigenvalue weighted by Gasteiger charge is 2.30. The smallest absolute Gasteiger partial charge is 0.231 e. The highest BCUT2D eigenvalue weighted by atomic mass is 32.2. The van der Waals surface area contributed by atoms with Gasteiger partial charge in [-0.15, -0.1) is 0 Å². The van der Waals surface area contributed by atoms with E-state index in [9.17, 15) is 8.42 Å². The van der Waals surface area contributed by atoms with E-state index in [4.69, 9.17) is 0 Å². The second-order valence-corrected chi connectivity index (χ2v) is 8.43. The lowest BCUT2D eigenvalue weighted by Gasteiger charge is -2.30. The van der Waals surface area contributed by atoms with Gasteiger partial charge in [0.25, 0.3) is 0 Å². The van der Waals surface area contributed by atoms with Crippen molar-refractivity contribution in [3.8, 4) is 0 Å². The Kier molecular flexibility index (Phi) is 5.30. The van der Waals surface area contributed by atoms with Crippen LogP contribution in [-0.4, -0.2) is 29.7 Å². The minimum absolute atomic E-state index is 0.0947. The molecule has 7 heteroatoms. The maximum atomic E-state index is 12.5. The van der Waals surface area contributed by atoms with Gasteiger partial charge in [-0.25, -0.2) is 23.1 Å². The Bertz CT molecular complexity index is 724. The van der Waals surface area contributed by atoms with Gasteiger partial charge in [0, 0.05) is 23.7 Å². The van der Waals surface area contributed by atoms with Gasteiger partial charge < -0.3 is 0 Å². The average Bonchev–Trinajstić information content (AvgIpc) is 2.58. The maximum Gasteiger partial charge on any atom is 0.240 e. The Hall–Kier alpha value is -1.44. The molecule has 23 heavy (non-hydrogen) atoms. The Balaban J connectivity index is 1.74. The topological polar surface area (TPSA) is 72.0 Å². The minimum Gasteiger partial charge on any atom is -0.231 e. The van der Waals surface area contributed by atoms with Crippen molar-refractivity contribution in [2.75, 3.05) is 0 Å². The molecule has 1 fully saturated rings. The molecule has 0 amide bonds. The van der Waals surface area contributed by atoms with E-state index in [2.05, 4.69) is 14.7 Å². The molecule has 1 heterocycles. The molecule has 2 aromatic rings. The van der Waals surface area contributed by atoms with Gasteiger partial charge in [0.05, 0.1) is 4.90 Å². The van der Waals surface area contributed by atoms with Crippen molar-refractivity contribution in [3.63, 3.8) is 0 Å². The SMILES string of the molecule is O=S(=O)(N[C@H]1CCCC[C@@H]1Sc1ncccn1)c1ccccc1. The Morgan fingerprint density at radius 1 is 1.00 bits per heavy atom. The summed E-state index contributed by atoms with van der Waals surface area (Å²) in [5.74, 6) is 0. The van der Waals surface area contributed by atoms with Crippen molar-refractivity contribution in [2.24, 2.45) is 0 Å². The molecule has 1 aromatic carbocycles. The zero-order chi connectivity index (χ0) is 16.1. The third-order valence-electron chi connectivity index (χ3n) is 3.86. The molecule has 0 spiro atoms. The number of benzene rings is 1. The Labute approximate surface area is 141 Å². The number of aromatic nitrogens is 2. The van der Waals surface area contributed by atoms with Crippen LogP contribution in [0, 0.1) is 0 Å². The van der Waals surface area contributed by atoms with Gasteiger partial charge in [0.1, 0.15) is 0 Å². The van der Waals surface area contributed by atoms with Crippen molar-refractivity contribution in [1.29, 1.82) is 0 Å². The number of thioether (sulfide) groups is 1. The largest absolute Gasteiger partial charge is 0.240 e. The third kappa shape index (κ3) is 4.31. The average molecular weight is 349 g/mol. The molecule has 0 saturated heterocycles. The van der Waals surface area contributed by atoms with Crippen LogP contribution in [-0.2, 0) is 10.0 Å². The first-order valence-corrected chi connectivity index (χ1v) is 10.0. The number of rotatable bonds is 5. The lowest BCUT2D eigenvalue weighted by atomic mass is 9.96. The Morgan fingerprint density at radius 3 is 2.43 bits per heavy atom. The summed E-state index contributed by atoms with van der Waals surface area (Å²) in [5.41, 5.74) is 0. The van der Waals surface area contributed by atoms with Gasteiger partial charge in [-0.05, 0) is 31.0 Å². The fourth-order valence-electron chi connectivity index (χ4n) is 2.72. The van der Waals surface area contributed by atoms with Gasteiger partial charge in [0.15, 0.2) is 5.16 Å². The zero-order valence-corrected chi connectivity index (χ0v) is 14.3. The van der Waals surface area contributed by atoms with Crippen LogP contribution < -0.4 is 4.72 Å². The molecule has 1 aliphatic carbocycles. The van der Waals surface area contributed by atoms with E-state index in [1.54, 1.807) is 54.5 Å². The van der Waals surface area contributed by atoms with Crippen LogP contribution in [0.15, 0.2) is 58.8 Å². The molecule has 5 nitrogen and oxygen atoms in total. The monoisotopic (exact) mass is 349 g/mol. The molecular formula is C16H19N3O2S2. The maximum absolute atomic E-state index is 12.5. The molecule has 122 valence electrons. The van der Waals surface area contributed by atoms with Crippen LogP contribution in [0.25, 0.3) is 0 Å². The van der Waals surface area contributed by atoms with Crippen LogP contribution >= 0.6 is 11.8 Å². The summed E-state index contributed by atoms with van der Waals surface area (Å²) in [5, 5.41) is 0.855. The predicted molar refractivity (Wildman–Crippen MR) is 90.7 cm³/mol. The van der Waals surface area contributed by atoms with Gasteiger partial charge in [0.2, 0.25) is 10.0 Å². The molecule has 3 rings (SSSR count). The van der Waals surface area contributed by atoms with Gasteiger partial charge in [-0.1, -0.05) is 42.8 Å². The number of sulfonamides is 1. The number of nitrogens with zero attached hydrogens (tertiary/aromatic N) is 2. The molecular weight excluding hydrogens is 330 g/mol. The highest BCUT2D eigenvalue weighted by Crippen LogP contribution is 2.32. The second kappa shape index (κ2) is 7.42. The fraction of sp³-hybridized carbons (Fsp3) is 0.375. The van der Waals surface area contributed by atoms with E-state index in [1.165, 1.54) is 0 Å². The standard InChI is InChI=1S/C16H19N3O2S2/c20-23(21,13-7-2-1-3-8-13)19-14-9-4-5-10-15(14)22-16-17-11-6-12-18-16/h1-3,6-8,11-12,14-15,19H,4-5,9-10H2/t14-,15-/m0/s1. The van der Waals surface area contributed by atoms with Crippen LogP contribution in [0.3, 0.4) is 0 Å². The zero-order valence-electron chi connectivity index (χ0n) is 12.6. The van der Waals surface area contributed by atoms with Crippen LogP contribution in [0.2, 0.25) is 0 Å². The van der Waals surface area contributed by atoms with Crippen molar-refractivity contribution in [2.45, 2.75) is 47.0 Å². The van der Waals surface area contributed by atoms with Crippen LogP contribution in [0.4, 0.5) is 0 Å². The Morgan fingerprint density at radius 2 is 1.70 bits per heavy atom. The minimum atomic E-state index is -3.49. The molecule has 0 radical (unpaired) electrons. The first-order valence-electron chi connectivity index (χ1n) is 7.66. The van der Waals surface area contributed by atoms with E-state index in [0.717, 1.165) is 25.7 Å². The lowest BCUT2D eigenvalue weighted by molar-refractivity contribution is 0.422. The van der Waals surface area contributed by atoms with Crippen LogP contribution in [0.1, 0.15) is 25.7 Å². The lowest BCUT2D eigenvalue weighted by Crippen LogP contribution is -2.43. The quantitative estimate of drug-likeness (QED) is 0.841. The molecule has 2 atom stereocenters. The molecule has 1 N–H and O–H groups in total. The van der Waals surface area contributed by atoms with Gasteiger partial charge in [-0.3, -0.25) is 0 Å².